The summed E-state index contributed by atoms with van der Waals surface area (Å²) in [6.45, 7) is 5.68. The summed E-state index contributed by atoms with van der Waals surface area (Å²) >= 11 is 0. The third-order valence-electron chi connectivity index (χ3n) is 3.57. The fraction of sp³-hybridized carbons (Fsp3) is 0.643. The van der Waals surface area contributed by atoms with Gasteiger partial charge in [0.25, 0.3) is 6.71 Å². The zero-order valence-corrected chi connectivity index (χ0v) is 13.6. The van der Waals surface area contributed by atoms with Crippen LogP contribution in [0.2, 0.25) is 5.82 Å². The Morgan fingerprint density at radius 1 is 1.52 bits per heavy atom. The summed E-state index contributed by atoms with van der Waals surface area (Å²) in [4.78, 5) is 11.9. The molecule has 0 amide bonds. The number of rotatable bonds is 2. The van der Waals surface area contributed by atoms with E-state index in [4.69, 9.17) is 10.00 Å². The van der Waals surface area contributed by atoms with Crippen LogP contribution in [0, 0.1) is 18.2 Å². The maximum atomic E-state index is 13.0. The number of nitriles is 1. The van der Waals surface area contributed by atoms with Gasteiger partial charge in [0.05, 0.1) is 18.1 Å². The van der Waals surface area contributed by atoms with Crippen molar-refractivity contribution >= 4 is 12.7 Å². The van der Waals surface area contributed by atoms with Crippen LogP contribution in [-0.2, 0) is 17.6 Å². The molecule has 1 aromatic heterocycles. The number of carbonyl (C=O) groups excluding carboxylic acids is 1. The Balaban J connectivity index is 0.00000127. The van der Waals surface area contributed by atoms with Gasteiger partial charge in [-0.2, -0.15) is 18.3 Å². The number of ether oxygens (including phenoxy) is 1. The summed E-state index contributed by atoms with van der Waals surface area (Å²) in [5.74, 6) is -0.691. The van der Waals surface area contributed by atoms with Crippen molar-refractivity contribution in [2.75, 3.05) is 6.61 Å². The highest BCUT2D eigenvalue weighted by Gasteiger charge is 2.50. The van der Waals surface area contributed by atoms with Crippen molar-refractivity contribution in [1.29, 1.82) is 5.26 Å². The third-order valence-corrected chi connectivity index (χ3v) is 3.57. The van der Waals surface area contributed by atoms with Gasteiger partial charge in [-0.3, -0.25) is 4.68 Å². The first-order chi connectivity index (χ1) is 10.8. The standard InChI is InChI=1S/C12H13BF3N3O2.C2H6/c1-3-21-11(20)10-7(2)18-19-5-9(12(14,15)16)13(6-17)4-8(10)19;1-2/h9H,3-5H2,1-2H3;1-2H3. The molecule has 0 N–H and O–H groups in total. The minimum Gasteiger partial charge on any atom is -0.462 e. The van der Waals surface area contributed by atoms with Crippen LogP contribution in [0.15, 0.2) is 0 Å². The number of aromatic nitrogens is 2. The SMILES string of the molecule is CC.CCOC(=O)c1c(C)nn2c1CB(C#N)C(C(F)(F)F)C2. The summed E-state index contributed by atoms with van der Waals surface area (Å²) < 4.78 is 45.0. The molecule has 1 aromatic rings. The lowest BCUT2D eigenvalue weighted by atomic mass is 9.38. The van der Waals surface area contributed by atoms with E-state index in [1.807, 2.05) is 13.8 Å². The average molecular weight is 329 g/mol. The monoisotopic (exact) mass is 329 g/mol. The molecule has 2 rings (SSSR count). The summed E-state index contributed by atoms with van der Waals surface area (Å²) in [6.07, 6.45) is -4.63. The predicted octanol–water partition coefficient (Wildman–Crippen LogP) is 2.98. The molecule has 23 heavy (non-hydrogen) atoms. The quantitative estimate of drug-likeness (QED) is 0.618. The van der Waals surface area contributed by atoms with Crippen molar-refractivity contribution in [1.82, 2.24) is 9.78 Å². The summed E-state index contributed by atoms with van der Waals surface area (Å²) in [5, 5.41) is 13.0. The van der Waals surface area contributed by atoms with Crippen LogP contribution in [0.1, 0.15) is 42.5 Å². The Kier molecular flexibility index (Phi) is 6.24. The highest BCUT2D eigenvalue weighted by atomic mass is 19.4. The van der Waals surface area contributed by atoms with E-state index in [0.29, 0.717) is 11.4 Å². The van der Waals surface area contributed by atoms with Gasteiger partial charge in [-0.25, -0.2) is 10.1 Å². The summed E-state index contributed by atoms with van der Waals surface area (Å²) in [6, 6.07) is 0. The molecule has 0 bridgehead atoms. The molecule has 9 heteroatoms. The molecule has 0 saturated heterocycles. The Morgan fingerprint density at radius 2 is 2.13 bits per heavy atom. The summed E-state index contributed by atoms with van der Waals surface area (Å²) in [7, 11) is 0. The smallest absolute Gasteiger partial charge is 0.388 e. The molecule has 1 unspecified atom stereocenters. The van der Waals surface area contributed by atoms with E-state index in [0.717, 1.165) is 0 Å². The Labute approximate surface area is 133 Å². The minimum absolute atomic E-state index is 0.157. The highest BCUT2D eigenvalue weighted by molar-refractivity contribution is 6.68. The molecule has 0 spiro atoms. The van der Waals surface area contributed by atoms with Gasteiger partial charge in [-0.05, 0) is 20.2 Å². The Morgan fingerprint density at radius 3 is 2.61 bits per heavy atom. The first kappa shape index (κ1) is 19.1. The van der Waals surface area contributed by atoms with E-state index < -0.39 is 31.2 Å². The number of alkyl halides is 3. The van der Waals surface area contributed by atoms with Crippen LogP contribution < -0.4 is 0 Å². The lowest BCUT2D eigenvalue weighted by Gasteiger charge is -2.27. The van der Waals surface area contributed by atoms with Crippen molar-refractivity contribution < 1.29 is 22.7 Å². The molecule has 1 aliphatic heterocycles. The molecule has 126 valence electrons. The molecule has 0 saturated carbocycles. The van der Waals surface area contributed by atoms with Crippen LogP contribution in [0.3, 0.4) is 0 Å². The molecule has 0 aliphatic carbocycles. The van der Waals surface area contributed by atoms with E-state index >= 15 is 0 Å². The summed E-state index contributed by atoms with van der Waals surface area (Å²) in [5.41, 5.74) is 0.846. The first-order valence-corrected chi connectivity index (χ1v) is 7.49. The van der Waals surface area contributed by atoms with Crippen molar-refractivity contribution in [2.45, 2.75) is 52.6 Å². The lowest BCUT2D eigenvalue weighted by Crippen LogP contribution is -2.41. The normalized spacial score (nSPS) is 16.8. The zero-order valence-electron chi connectivity index (χ0n) is 13.6. The van der Waals surface area contributed by atoms with Gasteiger partial charge in [-0.15, -0.1) is 0 Å². The molecule has 5 nitrogen and oxygen atoms in total. The second-order valence-corrected chi connectivity index (χ2v) is 4.90. The number of esters is 1. The fourth-order valence-electron chi connectivity index (χ4n) is 2.59. The highest BCUT2D eigenvalue weighted by Crippen LogP contribution is 2.39. The van der Waals surface area contributed by atoms with E-state index in [1.54, 1.807) is 19.8 Å². The Bertz CT molecular complexity index is 608. The zero-order chi connectivity index (χ0) is 17.8. The van der Waals surface area contributed by atoms with Crippen molar-refractivity contribution in [3.8, 4) is 5.97 Å². The van der Waals surface area contributed by atoms with E-state index in [1.165, 1.54) is 4.68 Å². The minimum atomic E-state index is -4.47. The molecule has 0 radical (unpaired) electrons. The van der Waals surface area contributed by atoms with Gasteiger partial charge >= 0.3 is 12.1 Å². The molecule has 0 fully saturated rings. The van der Waals surface area contributed by atoms with E-state index in [-0.39, 0.29) is 18.5 Å². The van der Waals surface area contributed by atoms with Gasteiger partial charge < -0.3 is 4.74 Å². The van der Waals surface area contributed by atoms with Crippen LogP contribution in [0.4, 0.5) is 13.2 Å². The van der Waals surface area contributed by atoms with Gasteiger partial charge in [0.1, 0.15) is 5.56 Å². The average Bonchev–Trinajstić information content (AvgIpc) is 2.82. The maximum absolute atomic E-state index is 13.0. The molecule has 1 atom stereocenters. The first-order valence-electron chi connectivity index (χ1n) is 7.49. The van der Waals surface area contributed by atoms with Crippen molar-refractivity contribution in [2.24, 2.45) is 0 Å². The van der Waals surface area contributed by atoms with Gasteiger partial charge in [-0.1, -0.05) is 13.8 Å². The number of carbonyl (C=O) groups is 1. The number of nitrogens with zero attached hydrogens (tertiary/aromatic N) is 3. The number of hydrogen-bond donors (Lipinski definition) is 0. The number of fused-ring (bicyclic) bond motifs is 1. The van der Waals surface area contributed by atoms with Gasteiger partial charge in [0.15, 0.2) is 0 Å². The molecule has 1 aliphatic rings. The molecule has 2 heterocycles. The number of halogens is 3. The van der Waals surface area contributed by atoms with Gasteiger partial charge in [0, 0.05) is 18.2 Å². The van der Waals surface area contributed by atoms with Crippen LogP contribution in [0.25, 0.3) is 0 Å². The second-order valence-electron chi connectivity index (χ2n) is 4.90. The molecular weight excluding hydrogens is 310 g/mol. The Hall–Kier alpha value is -1.98. The number of hydrogen-bond acceptors (Lipinski definition) is 4. The number of aryl methyl sites for hydroxylation is 1. The van der Waals surface area contributed by atoms with Crippen LogP contribution in [0.5, 0.6) is 0 Å². The van der Waals surface area contributed by atoms with Crippen molar-refractivity contribution in [3.63, 3.8) is 0 Å². The molecule has 0 aromatic carbocycles. The fourth-order valence-corrected chi connectivity index (χ4v) is 2.59. The second kappa shape index (κ2) is 7.53. The van der Waals surface area contributed by atoms with Crippen LogP contribution in [-0.4, -0.2) is 35.2 Å². The maximum Gasteiger partial charge on any atom is 0.388 e. The van der Waals surface area contributed by atoms with E-state index in [9.17, 15) is 18.0 Å². The van der Waals surface area contributed by atoms with Crippen LogP contribution >= 0.6 is 0 Å². The third kappa shape index (κ3) is 3.87. The largest absolute Gasteiger partial charge is 0.462 e. The van der Waals surface area contributed by atoms with E-state index in [2.05, 4.69) is 5.10 Å². The topological polar surface area (TPSA) is 67.9 Å². The van der Waals surface area contributed by atoms with Gasteiger partial charge in [0.2, 0.25) is 0 Å². The molecular formula is C14H19BF3N3O2. The van der Waals surface area contributed by atoms with Crippen molar-refractivity contribution in [3.05, 3.63) is 17.0 Å². The predicted molar refractivity (Wildman–Crippen MR) is 79.1 cm³/mol. The lowest BCUT2D eigenvalue weighted by molar-refractivity contribution is -0.138.